The Kier molecular flexibility index (Phi) is 1.53. The lowest BCUT2D eigenvalue weighted by atomic mass is 10.0. The Morgan fingerprint density at radius 1 is 1.50 bits per heavy atom. The van der Waals surface area contributed by atoms with E-state index in [1.54, 1.807) is 5.31 Å². The molecule has 0 unspecified atom stereocenters. The number of hydrogen-bond donors (Lipinski definition) is 1. The Morgan fingerprint density at radius 2 is 2.33 bits per heavy atom. The molecule has 1 heteroatoms. The number of rotatable bonds is 1. The molecule has 0 aliphatic carbocycles. The van der Waals surface area contributed by atoms with Crippen molar-refractivity contribution in [2.45, 2.75) is 26.2 Å². The molecule has 0 saturated heterocycles. The van der Waals surface area contributed by atoms with E-state index >= 15 is 0 Å². The fraction of sp³-hybridized carbons (Fsp3) is 0.455. The van der Waals surface area contributed by atoms with Crippen LogP contribution in [-0.4, -0.2) is 6.54 Å². The third-order valence-electron chi connectivity index (χ3n) is 2.44. The van der Waals surface area contributed by atoms with Gasteiger partial charge in [0.2, 0.25) is 0 Å². The maximum Gasteiger partial charge on any atom is 0.160 e. The molecule has 1 aliphatic rings. The van der Waals surface area contributed by atoms with Gasteiger partial charge in [-0.1, -0.05) is 26.0 Å². The van der Waals surface area contributed by atoms with Crippen molar-refractivity contribution in [3.63, 3.8) is 0 Å². The smallest absolute Gasteiger partial charge is 0.160 e. The van der Waals surface area contributed by atoms with Crippen LogP contribution >= 0.6 is 0 Å². The van der Waals surface area contributed by atoms with Gasteiger partial charge in [0, 0.05) is 12.2 Å². The van der Waals surface area contributed by atoms with Gasteiger partial charge in [-0.3, -0.25) is 0 Å². The Labute approximate surface area is 75.3 Å². The maximum absolute atomic E-state index is 7.68. The molecular formula is C11H15N. The molecule has 0 saturated carbocycles. The highest BCUT2D eigenvalue weighted by atomic mass is 14.9. The molecule has 2 rings (SSSR count). The number of anilines is 1. The molecule has 0 fully saturated rings. The van der Waals surface area contributed by atoms with E-state index in [0.717, 1.165) is 18.7 Å². The van der Waals surface area contributed by atoms with Gasteiger partial charge in [0.15, 0.2) is 1.41 Å². The van der Waals surface area contributed by atoms with Crippen LogP contribution < -0.4 is 5.31 Å². The second-order valence-electron chi connectivity index (χ2n) is 3.67. The summed E-state index contributed by atoms with van der Waals surface area (Å²) in [6.07, 6.45) is 1.03. The zero-order chi connectivity index (χ0) is 9.42. The van der Waals surface area contributed by atoms with Crippen molar-refractivity contribution >= 4 is 5.69 Å². The van der Waals surface area contributed by atoms with E-state index in [4.69, 9.17) is 1.41 Å². The first-order chi connectivity index (χ1) is 6.18. The monoisotopic (exact) mass is 163 g/mol. The number of nitrogens with one attached hydrogen (secondary N) is 1. The lowest BCUT2D eigenvalue weighted by Gasteiger charge is -2.07. The van der Waals surface area contributed by atoms with E-state index in [0.29, 0.717) is 5.92 Å². The quantitative estimate of drug-likeness (QED) is 0.671. The van der Waals surface area contributed by atoms with E-state index in [2.05, 4.69) is 32.0 Å². The number of hydrogen-bond acceptors (Lipinski definition) is 1. The highest BCUT2D eigenvalue weighted by molar-refractivity contribution is 5.57. The minimum atomic E-state index is 0.555. The molecule has 0 bridgehead atoms. The lowest BCUT2D eigenvalue weighted by molar-refractivity contribution is 0.867. The molecule has 1 nitrogen and oxygen atoms in total. The van der Waals surface area contributed by atoms with Crippen molar-refractivity contribution < 1.29 is 1.41 Å². The summed E-state index contributed by atoms with van der Waals surface area (Å²) in [7, 11) is 0. The van der Waals surface area contributed by atoms with Gasteiger partial charge in [0.1, 0.15) is 0 Å². The molecule has 0 atom stereocenters. The van der Waals surface area contributed by atoms with Crippen LogP contribution in [0.2, 0.25) is 1.41 Å². The minimum absolute atomic E-state index is 0.555. The molecule has 0 radical (unpaired) electrons. The molecule has 64 valence electrons. The average molecular weight is 163 g/mol. The largest absolute Gasteiger partial charge is 0.384 e. The number of benzene rings is 1. The zero-order valence-electron chi connectivity index (χ0n) is 8.67. The Morgan fingerprint density at radius 3 is 3.08 bits per heavy atom. The van der Waals surface area contributed by atoms with Crippen molar-refractivity contribution in [1.29, 1.82) is 0 Å². The van der Waals surface area contributed by atoms with Crippen LogP contribution in [0.4, 0.5) is 5.69 Å². The van der Waals surface area contributed by atoms with E-state index in [1.807, 2.05) is 0 Å². The summed E-state index contributed by atoms with van der Waals surface area (Å²) < 4.78 is 7.68. The average Bonchev–Trinajstić information content (AvgIpc) is 2.47. The van der Waals surface area contributed by atoms with Crippen molar-refractivity contribution in [3.8, 4) is 0 Å². The summed E-state index contributed by atoms with van der Waals surface area (Å²) in [6, 6.07) is 6.50. The van der Waals surface area contributed by atoms with Crippen LogP contribution in [0.5, 0.6) is 0 Å². The van der Waals surface area contributed by atoms with Crippen molar-refractivity contribution in [1.82, 2.24) is 0 Å². The highest BCUT2D eigenvalue weighted by Gasteiger charge is 2.10. The van der Waals surface area contributed by atoms with Gasteiger partial charge >= 0.3 is 0 Å². The van der Waals surface area contributed by atoms with Crippen LogP contribution in [0, 0.1) is 0 Å². The standard InChI is InChI=1S/C11H15N/c1-8(2)10-4-3-9-5-6-12-11(9)7-10/h3-4,7-8,12H,5-6H2,1-2H3/i/hT. The molecule has 1 aromatic carbocycles. The minimum Gasteiger partial charge on any atom is -0.384 e. The first-order valence-corrected chi connectivity index (χ1v) is 4.57. The summed E-state index contributed by atoms with van der Waals surface area (Å²) in [5.74, 6) is 0.555. The van der Waals surface area contributed by atoms with Gasteiger partial charge in [-0.2, -0.15) is 0 Å². The van der Waals surface area contributed by atoms with Gasteiger partial charge in [-0.15, -0.1) is 0 Å². The van der Waals surface area contributed by atoms with Crippen molar-refractivity contribution in [3.05, 3.63) is 29.3 Å². The molecule has 0 aromatic heterocycles. The summed E-state index contributed by atoms with van der Waals surface area (Å²) in [4.78, 5) is 0. The highest BCUT2D eigenvalue weighted by Crippen LogP contribution is 2.26. The van der Waals surface area contributed by atoms with Crippen molar-refractivity contribution in [2.24, 2.45) is 0 Å². The molecule has 1 aliphatic heterocycles. The summed E-state index contributed by atoms with van der Waals surface area (Å²) in [5, 5.41) is 1.60. The topological polar surface area (TPSA) is 12.0 Å². The Bertz CT molecular complexity index is 320. The normalized spacial score (nSPS) is 16.6. The van der Waals surface area contributed by atoms with Crippen LogP contribution in [0.15, 0.2) is 18.2 Å². The molecule has 1 heterocycles. The second-order valence-corrected chi connectivity index (χ2v) is 3.67. The Balaban J connectivity index is 2.42. The predicted octanol–water partition coefficient (Wildman–Crippen LogP) is 2.78. The van der Waals surface area contributed by atoms with E-state index in [-0.39, 0.29) is 0 Å². The van der Waals surface area contributed by atoms with Crippen LogP contribution in [-0.2, 0) is 6.42 Å². The van der Waals surface area contributed by atoms with E-state index < -0.39 is 0 Å². The van der Waals surface area contributed by atoms with E-state index in [9.17, 15) is 0 Å². The molecule has 0 amide bonds. The van der Waals surface area contributed by atoms with Crippen molar-refractivity contribution in [2.75, 3.05) is 11.9 Å². The third-order valence-corrected chi connectivity index (χ3v) is 2.44. The van der Waals surface area contributed by atoms with Gasteiger partial charge in [-0.05, 0) is 29.5 Å². The second kappa shape index (κ2) is 2.81. The Hall–Kier alpha value is -0.980. The SMILES string of the molecule is [3H]N1CCc2ccc(C(C)C)cc21. The first-order valence-electron chi connectivity index (χ1n) is 5.02. The molecule has 1 aromatic rings. The van der Waals surface area contributed by atoms with Crippen LogP contribution in [0.3, 0.4) is 0 Å². The fourth-order valence-corrected chi connectivity index (χ4v) is 1.60. The molecule has 12 heavy (non-hydrogen) atoms. The summed E-state index contributed by atoms with van der Waals surface area (Å²) in [6.45, 7) is 5.22. The van der Waals surface area contributed by atoms with Gasteiger partial charge in [-0.25, -0.2) is 0 Å². The molecule has 0 spiro atoms. The molecular weight excluding hydrogens is 146 g/mol. The summed E-state index contributed by atoms with van der Waals surface area (Å²) in [5.41, 5.74) is 3.75. The van der Waals surface area contributed by atoms with Gasteiger partial charge < -0.3 is 5.31 Å². The summed E-state index contributed by atoms with van der Waals surface area (Å²) >= 11 is 0. The van der Waals surface area contributed by atoms with Crippen LogP contribution in [0.25, 0.3) is 0 Å². The maximum atomic E-state index is 7.68. The lowest BCUT2D eigenvalue weighted by Crippen LogP contribution is -1.92. The fourth-order valence-electron chi connectivity index (χ4n) is 1.60. The van der Waals surface area contributed by atoms with E-state index in [1.165, 1.54) is 11.1 Å². The zero-order valence-corrected chi connectivity index (χ0v) is 7.67. The molecule has 1 N–H and O–H groups in total. The third kappa shape index (κ3) is 1.20. The number of fused-ring (bicyclic) bond motifs is 1. The van der Waals surface area contributed by atoms with Crippen LogP contribution in [0.1, 0.15) is 30.9 Å². The van der Waals surface area contributed by atoms with Gasteiger partial charge in [0.05, 0.1) is 0 Å². The predicted molar refractivity (Wildman–Crippen MR) is 52.7 cm³/mol. The first kappa shape index (κ1) is 6.53. The van der Waals surface area contributed by atoms with Gasteiger partial charge in [0.25, 0.3) is 0 Å².